The molecule has 86 valence electrons. The predicted octanol–water partition coefficient (Wildman–Crippen LogP) is 4.26. The number of phenols is 1. The highest BCUT2D eigenvalue weighted by Gasteiger charge is 2.21. The third-order valence-corrected chi connectivity index (χ3v) is 3.23. The van der Waals surface area contributed by atoms with Crippen molar-refractivity contribution in [2.24, 2.45) is 0 Å². The maximum absolute atomic E-state index is 10.3. The van der Waals surface area contributed by atoms with Crippen molar-refractivity contribution in [3.8, 4) is 5.75 Å². The van der Waals surface area contributed by atoms with Crippen molar-refractivity contribution in [1.29, 1.82) is 0 Å². The Kier molecular flexibility index (Phi) is 2.79. The predicted molar refractivity (Wildman–Crippen MR) is 68.6 cm³/mol. The van der Waals surface area contributed by atoms with Crippen LogP contribution in [-0.4, -0.2) is 5.11 Å². The first-order valence-corrected chi connectivity index (χ1v) is 6.02. The second-order valence-corrected chi connectivity index (χ2v) is 5.57. The molecule has 0 atom stereocenters. The van der Waals surface area contributed by atoms with E-state index in [1.165, 1.54) is 12.0 Å². The SMILES string of the molecule is CC(C)(C)c1cccc(C2=CCCC2)c1O. The first kappa shape index (κ1) is 11.3. The molecule has 1 aromatic rings. The van der Waals surface area contributed by atoms with E-state index in [9.17, 15) is 5.11 Å². The molecule has 1 aliphatic rings. The molecule has 1 heteroatoms. The van der Waals surface area contributed by atoms with Crippen LogP contribution >= 0.6 is 0 Å². The summed E-state index contributed by atoms with van der Waals surface area (Å²) in [5.74, 6) is 0.475. The van der Waals surface area contributed by atoms with Crippen LogP contribution in [0.1, 0.15) is 51.2 Å². The lowest BCUT2D eigenvalue weighted by Gasteiger charge is -2.22. The summed E-state index contributed by atoms with van der Waals surface area (Å²) >= 11 is 0. The summed E-state index contributed by atoms with van der Waals surface area (Å²) in [5.41, 5.74) is 3.38. The molecule has 1 aromatic carbocycles. The molecule has 1 N–H and O–H groups in total. The Balaban J connectivity index is 2.48. The molecule has 0 amide bonds. The Morgan fingerprint density at radius 1 is 1.19 bits per heavy atom. The van der Waals surface area contributed by atoms with Crippen molar-refractivity contribution in [2.45, 2.75) is 45.4 Å². The van der Waals surface area contributed by atoms with Gasteiger partial charge >= 0.3 is 0 Å². The van der Waals surface area contributed by atoms with E-state index < -0.39 is 0 Å². The van der Waals surface area contributed by atoms with Crippen LogP contribution in [0.25, 0.3) is 5.57 Å². The van der Waals surface area contributed by atoms with Gasteiger partial charge in [0, 0.05) is 5.56 Å². The lowest BCUT2D eigenvalue weighted by atomic mass is 9.84. The van der Waals surface area contributed by atoms with Crippen LogP contribution in [-0.2, 0) is 5.41 Å². The van der Waals surface area contributed by atoms with Gasteiger partial charge in [0.25, 0.3) is 0 Å². The largest absolute Gasteiger partial charge is 0.507 e. The highest BCUT2D eigenvalue weighted by molar-refractivity contribution is 5.73. The maximum atomic E-state index is 10.3. The van der Waals surface area contributed by atoms with Gasteiger partial charge in [-0.25, -0.2) is 0 Å². The normalized spacial score (nSPS) is 16.3. The zero-order chi connectivity index (χ0) is 11.8. The molecule has 0 saturated heterocycles. The van der Waals surface area contributed by atoms with Gasteiger partial charge in [-0.15, -0.1) is 0 Å². The Morgan fingerprint density at radius 3 is 2.50 bits per heavy atom. The Hall–Kier alpha value is -1.24. The highest BCUT2D eigenvalue weighted by Crippen LogP contribution is 2.39. The molecule has 0 heterocycles. The van der Waals surface area contributed by atoms with Gasteiger partial charge in [0.05, 0.1) is 0 Å². The number of allylic oxidation sites excluding steroid dienone is 2. The molecule has 0 saturated carbocycles. The van der Waals surface area contributed by atoms with Gasteiger partial charge in [-0.1, -0.05) is 45.0 Å². The van der Waals surface area contributed by atoms with Crippen LogP contribution in [0, 0.1) is 0 Å². The number of para-hydroxylation sites is 1. The van der Waals surface area contributed by atoms with Crippen LogP contribution in [0.5, 0.6) is 5.75 Å². The molecular formula is C15H20O. The quantitative estimate of drug-likeness (QED) is 0.743. The van der Waals surface area contributed by atoms with Gasteiger partial charge in [-0.3, -0.25) is 0 Å². The Morgan fingerprint density at radius 2 is 1.94 bits per heavy atom. The second-order valence-electron chi connectivity index (χ2n) is 5.57. The van der Waals surface area contributed by atoms with Crippen molar-refractivity contribution in [3.63, 3.8) is 0 Å². The molecule has 16 heavy (non-hydrogen) atoms. The van der Waals surface area contributed by atoms with E-state index in [1.54, 1.807) is 0 Å². The minimum Gasteiger partial charge on any atom is -0.507 e. The zero-order valence-corrected chi connectivity index (χ0v) is 10.4. The third-order valence-electron chi connectivity index (χ3n) is 3.23. The minimum absolute atomic E-state index is 0.000736. The highest BCUT2D eigenvalue weighted by atomic mass is 16.3. The molecule has 0 fully saturated rings. The van der Waals surface area contributed by atoms with Gasteiger partial charge in [0.15, 0.2) is 0 Å². The van der Waals surface area contributed by atoms with Gasteiger partial charge in [0.1, 0.15) is 5.75 Å². The number of benzene rings is 1. The van der Waals surface area contributed by atoms with Crippen LogP contribution < -0.4 is 0 Å². The van der Waals surface area contributed by atoms with E-state index in [0.29, 0.717) is 5.75 Å². The van der Waals surface area contributed by atoms with E-state index in [-0.39, 0.29) is 5.41 Å². The number of aromatic hydroxyl groups is 1. The van der Waals surface area contributed by atoms with Crippen LogP contribution in [0.2, 0.25) is 0 Å². The van der Waals surface area contributed by atoms with E-state index in [0.717, 1.165) is 24.0 Å². The average molecular weight is 216 g/mol. The van der Waals surface area contributed by atoms with Gasteiger partial charge < -0.3 is 5.11 Å². The van der Waals surface area contributed by atoms with Gasteiger partial charge in [0.2, 0.25) is 0 Å². The standard InChI is InChI=1S/C15H20O/c1-15(2,3)13-10-6-9-12(14(13)16)11-7-4-5-8-11/h6-7,9-10,16H,4-5,8H2,1-3H3. The van der Waals surface area contributed by atoms with Crippen molar-refractivity contribution in [1.82, 2.24) is 0 Å². The first-order chi connectivity index (χ1) is 7.50. The molecular weight excluding hydrogens is 196 g/mol. The van der Waals surface area contributed by atoms with Crippen LogP contribution in [0.4, 0.5) is 0 Å². The first-order valence-electron chi connectivity index (χ1n) is 6.02. The van der Waals surface area contributed by atoms with Crippen molar-refractivity contribution >= 4 is 5.57 Å². The number of hydrogen-bond donors (Lipinski definition) is 1. The van der Waals surface area contributed by atoms with E-state index >= 15 is 0 Å². The van der Waals surface area contributed by atoms with Crippen molar-refractivity contribution in [3.05, 3.63) is 35.4 Å². The summed E-state index contributed by atoms with van der Waals surface area (Å²) in [6, 6.07) is 6.10. The minimum atomic E-state index is -0.000736. The topological polar surface area (TPSA) is 20.2 Å². The van der Waals surface area contributed by atoms with Gasteiger partial charge in [-0.2, -0.15) is 0 Å². The van der Waals surface area contributed by atoms with Gasteiger partial charge in [-0.05, 0) is 35.8 Å². The van der Waals surface area contributed by atoms with Crippen molar-refractivity contribution < 1.29 is 5.11 Å². The van der Waals surface area contributed by atoms with Crippen LogP contribution in [0.15, 0.2) is 24.3 Å². The summed E-state index contributed by atoms with van der Waals surface area (Å²) in [7, 11) is 0. The third kappa shape index (κ3) is 1.99. The lowest BCUT2D eigenvalue weighted by Crippen LogP contribution is -2.11. The summed E-state index contributed by atoms with van der Waals surface area (Å²) in [6.45, 7) is 6.40. The summed E-state index contributed by atoms with van der Waals surface area (Å²) < 4.78 is 0. The Bertz CT molecular complexity index is 422. The number of phenolic OH excluding ortho intramolecular Hbond substituents is 1. The zero-order valence-electron chi connectivity index (χ0n) is 10.4. The molecule has 0 aliphatic heterocycles. The smallest absolute Gasteiger partial charge is 0.126 e. The molecule has 0 spiro atoms. The maximum Gasteiger partial charge on any atom is 0.126 e. The van der Waals surface area contributed by atoms with Crippen LogP contribution in [0.3, 0.4) is 0 Å². The van der Waals surface area contributed by atoms with E-state index in [2.05, 4.69) is 32.9 Å². The summed E-state index contributed by atoms with van der Waals surface area (Å²) in [6.07, 6.45) is 5.71. The summed E-state index contributed by atoms with van der Waals surface area (Å²) in [5, 5.41) is 10.3. The second kappa shape index (κ2) is 3.97. The Labute approximate surface area is 97.8 Å². The molecule has 0 bridgehead atoms. The molecule has 0 radical (unpaired) electrons. The lowest BCUT2D eigenvalue weighted by molar-refractivity contribution is 0.445. The van der Waals surface area contributed by atoms with E-state index in [1.807, 2.05) is 12.1 Å². The molecule has 2 rings (SSSR count). The number of hydrogen-bond acceptors (Lipinski definition) is 1. The number of rotatable bonds is 1. The average Bonchev–Trinajstić information content (AvgIpc) is 2.69. The van der Waals surface area contributed by atoms with E-state index in [4.69, 9.17) is 0 Å². The molecule has 0 unspecified atom stereocenters. The molecule has 0 aromatic heterocycles. The summed E-state index contributed by atoms with van der Waals surface area (Å²) in [4.78, 5) is 0. The fraction of sp³-hybridized carbons (Fsp3) is 0.467. The fourth-order valence-corrected chi connectivity index (χ4v) is 2.32. The fourth-order valence-electron chi connectivity index (χ4n) is 2.32. The molecule has 1 nitrogen and oxygen atoms in total. The molecule has 1 aliphatic carbocycles. The monoisotopic (exact) mass is 216 g/mol. The van der Waals surface area contributed by atoms with Crippen molar-refractivity contribution in [2.75, 3.05) is 0 Å².